The van der Waals surface area contributed by atoms with Crippen LogP contribution in [0.1, 0.15) is 11.6 Å². The average Bonchev–Trinajstić information content (AvgIpc) is 2.88. The molecule has 1 aromatic heterocycles. The first-order valence-corrected chi connectivity index (χ1v) is 12.0. The number of aromatic nitrogens is 1. The predicted molar refractivity (Wildman–Crippen MR) is 101 cm³/mol. The number of rotatable bonds is 6. The van der Waals surface area contributed by atoms with E-state index in [-0.39, 0.29) is 81.7 Å². The Labute approximate surface area is 223 Å². The number of nitrogens with zero attached hydrogens (tertiary/aromatic N) is 1. The van der Waals surface area contributed by atoms with Crippen molar-refractivity contribution >= 4 is 36.7 Å². The molecule has 3 rings (SSSR count). The van der Waals surface area contributed by atoms with E-state index in [1.165, 1.54) is 18.2 Å². The van der Waals surface area contributed by atoms with Gasteiger partial charge in [-0.25, -0.2) is 4.68 Å². The summed E-state index contributed by atoms with van der Waals surface area (Å²) in [6, 6.07) is 6.66. The number of thiazole rings is 1. The van der Waals surface area contributed by atoms with Gasteiger partial charge < -0.3 is 44.3 Å². The largest absolute Gasteiger partial charge is 1.00 e. The van der Waals surface area contributed by atoms with Crippen molar-refractivity contribution in [1.29, 1.82) is 0 Å². The topological polar surface area (TPSA) is 195 Å². The van der Waals surface area contributed by atoms with Crippen molar-refractivity contribution in [2.75, 3.05) is 5.43 Å². The Morgan fingerprint density at radius 1 is 0.935 bits per heavy atom. The predicted octanol–water partition coefficient (Wildman–Crippen LogP) is -5.82. The molecular formula is C15H14N2Na2O9P2S. The molecule has 3 aromatic rings. The summed E-state index contributed by atoms with van der Waals surface area (Å²) >= 11 is 0.728. The van der Waals surface area contributed by atoms with Gasteiger partial charge >= 0.3 is 64.0 Å². The monoisotopic (exact) mass is 506 g/mol. The second kappa shape index (κ2) is 10.8. The minimum atomic E-state index is -5.70. The maximum Gasteiger partial charge on any atom is 1.00 e. The summed E-state index contributed by atoms with van der Waals surface area (Å²) in [6.45, 7) is 0. The molecule has 0 saturated carbocycles. The van der Waals surface area contributed by atoms with Gasteiger partial charge in [0.05, 0.1) is 16.3 Å². The zero-order valence-corrected chi connectivity index (χ0v) is 22.9. The van der Waals surface area contributed by atoms with E-state index in [1.54, 1.807) is 0 Å². The summed E-state index contributed by atoms with van der Waals surface area (Å²) in [5, 5.41) is 16.4. The molecule has 0 aliphatic heterocycles. The maximum atomic E-state index is 12.4. The van der Waals surface area contributed by atoms with Gasteiger partial charge in [0.2, 0.25) is 0 Å². The molecule has 0 fully saturated rings. The quantitative estimate of drug-likeness (QED) is 0.159. The molecule has 2 aromatic carbocycles. The van der Waals surface area contributed by atoms with Crippen LogP contribution in [0.25, 0.3) is 10.2 Å². The minimum absolute atomic E-state index is 0. The van der Waals surface area contributed by atoms with Crippen LogP contribution in [0.2, 0.25) is 0 Å². The van der Waals surface area contributed by atoms with E-state index < -0.39 is 31.5 Å². The molecule has 11 nitrogen and oxygen atoms in total. The molecule has 0 aliphatic carbocycles. The molecule has 0 spiro atoms. The molecule has 156 valence electrons. The number of hydrogen-bond acceptors (Lipinski definition) is 9. The second-order valence-corrected chi connectivity index (χ2v) is 10.9. The van der Waals surface area contributed by atoms with E-state index in [2.05, 4.69) is 5.43 Å². The summed E-state index contributed by atoms with van der Waals surface area (Å²) in [6.07, 6.45) is 0. The van der Waals surface area contributed by atoms with E-state index in [0.29, 0.717) is 4.70 Å². The molecule has 1 heterocycles. The van der Waals surface area contributed by atoms with Gasteiger partial charge in [-0.15, -0.1) is 0 Å². The zero-order chi connectivity index (χ0) is 21.6. The van der Waals surface area contributed by atoms with Crippen molar-refractivity contribution in [1.82, 2.24) is 4.68 Å². The van der Waals surface area contributed by atoms with Crippen LogP contribution in [0.4, 0.5) is 0 Å². The summed E-state index contributed by atoms with van der Waals surface area (Å²) in [5.41, 5.74) is 2.44. The van der Waals surface area contributed by atoms with Gasteiger partial charge in [-0.05, 0) is 29.8 Å². The van der Waals surface area contributed by atoms with Crippen LogP contribution >= 0.6 is 26.5 Å². The van der Waals surface area contributed by atoms with Crippen molar-refractivity contribution in [3.05, 3.63) is 57.7 Å². The maximum absolute atomic E-state index is 12.4. The van der Waals surface area contributed by atoms with E-state index in [9.17, 15) is 43.7 Å². The Kier molecular flexibility index (Phi) is 10.1. The van der Waals surface area contributed by atoms with Crippen LogP contribution in [-0.2, 0) is 9.13 Å². The van der Waals surface area contributed by atoms with Gasteiger partial charge in [-0.2, -0.15) is 0 Å². The van der Waals surface area contributed by atoms with Crippen molar-refractivity contribution in [2.24, 2.45) is 0 Å². The van der Waals surface area contributed by atoms with Gasteiger partial charge in [-0.1, -0.05) is 23.5 Å². The van der Waals surface area contributed by atoms with Crippen molar-refractivity contribution in [3.8, 4) is 11.5 Å². The Morgan fingerprint density at radius 2 is 1.45 bits per heavy atom. The SMILES string of the molecule is O=c1sc2ccc(O)cc2n1NC(c1ccc(O)cc1)C(P(=O)([O-])O)P(=O)([O-])O.[Na+].[Na+]. The third-order valence-electron chi connectivity index (χ3n) is 4.05. The molecule has 16 heteroatoms. The Balaban J connectivity index is 0.00000240. The fraction of sp³-hybridized carbons (Fsp3) is 0.133. The van der Waals surface area contributed by atoms with Crippen LogP contribution in [0.5, 0.6) is 11.5 Å². The molecule has 3 atom stereocenters. The van der Waals surface area contributed by atoms with Crippen LogP contribution in [0, 0.1) is 0 Å². The number of phenolic OH excluding ortho intramolecular Hbond substituents is 2. The fourth-order valence-corrected chi connectivity index (χ4v) is 6.35. The first kappa shape index (κ1) is 28.9. The van der Waals surface area contributed by atoms with Crippen LogP contribution in [-0.4, -0.2) is 30.1 Å². The summed E-state index contributed by atoms with van der Waals surface area (Å²) in [7, 11) is -11.4. The van der Waals surface area contributed by atoms with Gasteiger partial charge in [0, 0.05) is 6.07 Å². The Bertz CT molecular complexity index is 1180. The molecule has 31 heavy (non-hydrogen) atoms. The third-order valence-corrected chi connectivity index (χ3v) is 8.66. The first-order chi connectivity index (χ1) is 13.4. The molecule has 3 unspecified atom stereocenters. The Morgan fingerprint density at radius 3 is 1.97 bits per heavy atom. The summed E-state index contributed by atoms with van der Waals surface area (Å²) < 4.78 is 24.9. The Hall–Kier alpha value is -0.170. The van der Waals surface area contributed by atoms with E-state index in [0.717, 1.165) is 40.3 Å². The number of aromatic hydroxyl groups is 2. The number of fused-ring (bicyclic) bond motifs is 1. The van der Waals surface area contributed by atoms with Gasteiger partial charge in [0.25, 0.3) is 0 Å². The molecule has 0 bridgehead atoms. The molecule has 5 N–H and O–H groups in total. The second-order valence-electron chi connectivity index (χ2n) is 6.10. The normalized spacial score (nSPS) is 16.8. The molecule has 0 amide bonds. The molecule has 0 saturated heterocycles. The van der Waals surface area contributed by atoms with Crippen molar-refractivity contribution in [3.63, 3.8) is 0 Å². The van der Waals surface area contributed by atoms with Gasteiger partial charge in [-0.3, -0.25) is 4.79 Å². The number of phenols is 2. The fourth-order valence-electron chi connectivity index (χ4n) is 2.82. The standard InChI is InChI=1S/C15H16N2O9P2S.2Na/c18-9-3-1-8(2-4-9)13(14(27(21,22)23)28(24,25)26)16-17-11-7-10(19)5-6-12(11)29-15(17)20;;/h1-7,13-14,16,18-19H,(H2,21,22,23)(H2,24,25,26);;/q;2*+1/p-2. The summed E-state index contributed by atoms with van der Waals surface area (Å²) in [5.74, 6) is -0.423. The summed E-state index contributed by atoms with van der Waals surface area (Å²) in [4.78, 5) is 54.4. The number of nitrogens with one attached hydrogen (secondary N) is 1. The van der Waals surface area contributed by atoms with Crippen LogP contribution < -0.4 is 79.2 Å². The molecular weight excluding hydrogens is 492 g/mol. The first-order valence-electron chi connectivity index (χ1n) is 7.85. The number of hydrogen-bond donors (Lipinski definition) is 5. The van der Waals surface area contributed by atoms with E-state index in [1.807, 2.05) is 0 Å². The molecule has 0 radical (unpaired) electrons. The van der Waals surface area contributed by atoms with Crippen molar-refractivity contribution < 1.29 is 98.0 Å². The zero-order valence-electron chi connectivity index (χ0n) is 16.3. The average molecular weight is 506 g/mol. The molecule has 0 aliphatic rings. The van der Waals surface area contributed by atoms with Gasteiger partial charge in [0.15, 0.2) is 0 Å². The number of benzene rings is 2. The van der Waals surface area contributed by atoms with E-state index >= 15 is 0 Å². The van der Waals surface area contributed by atoms with Crippen LogP contribution in [0.3, 0.4) is 0 Å². The van der Waals surface area contributed by atoms with Crippen LogP contribution in [0.15, 0.2) is 47.3 Å². The third kappa shape index (κ3) is 6.68. The van der Waals surface area contributed by atoms with Crippen molar-refractivity contribution in [2.45, 2.75) is 11.4 Å². The van der Waals surface area contributed by atoms with Gasteiger partial charge in [0.1, 0.15) is 32.1 Å². The van der Waals surface area contributed by atoms with E-state index in [4.69, 9.17) is 0 Å². The minimum Gasteiger partial charge on any atom is -0.778 e. The smallest absolute Gasteiger partial charge is 0.778 e.